The van der Waals surface area contributed by atoms with Crippen molar-refractivity contribution in [3.8, 4) is 0 Å². The summed E-state index contributed by atoms with van der Waals surface area (Å²) in [7, 11) is 0. The minimum absolute atomic E-state index is 0.531. The summed E-state index contributed by atoms with van der Waals surface area (Å²) in [6.07, 6.45) is 9.28. The van der Waals surface area contributed by atoms with Gasteiger partial charge in [-0.1, -0.05) is 51.0 Å². The minimum Gasteiger partial charge on any atom is -0.316 e. The Balaban J connectivity index is 1.98. The largest absolute Gasteiger partial charge is 0.316 e. The fourth-order valence-electron chi connectivity index (χ4n) is 3.40. The molecule has 1 nitrogen and oxygen atoms in total. The number of nitrogens with one attached hydrogen (secondary N) is 1. The van der Waals surface area contributed by atoms with E-state index in [-0.39, 0.29) is 0 Å². The molecule has 19 heavy (non-hydrogen) atoms. The molecule has 0 heterocycles. The average Bonchev–Trinajstić information content (AvgIpc) is 2.89. The highest BCUT2D eigenvalue weighted by molar-refractivity contribution is 5.23. The zero-order chi connectivity index (χ0) is 13.6. The average molecular weight is 259 g/mol. The van der Waals surface area contributed by atoms with Gasteiger partial charge in [0, 0.05) is 6.54 Å². The first-order valence-corrected chi connectivity index (χ1v) is 8.06. The Hall–Kier alpha value is -0.820. The van der Waals surface area contributed by atoms with E-state index in [9.17, 15) is 0 Å². The van der Waals surface area contributed by atoms with Crippen LogP contribution < -0.4 is 5.32 Å². The SMILES string of the molecule is CCCNCC1(Cc2ccc(CC)cc2)CCCC1. The van der Waals surface area contributed by atoms with Crippen LogP contribution in [-0.4, -0.2) is 13.1 Å². The van der Waals surface area contributed by atoms with Crippen molar-refractivity contribution in [1.29, 1.82) is 0 Å². The lowest BCUT2D eigenvalue weighted by atomic mass is 9.79. The Morgan fingerprint density at radius 1 is 1.00 bits per heavy atom. The van der Waals surface area contributed by atoms with Crippen LogP contribution in [0, 0.1) is 5.41 Å². The summed E-state index contributed by atoms with van der Waals surface area (Å²) in [5.41, 5.74) is 3.51. The summed E-state index contributed by atoms with van der Waals surface area (Å²) in [5.74, 6) is 0. The van der Waals surface area contributed by atoms with Crippen molar-refractivity contribution in [2.75, 3.05) is 13.1 Å². The fraction of sp³-hybridized carbons (Fsp3) is 0.667. The molecule has 0 amide bonds. The second kappa shape index (κ2) is 7.09. The predicted molar refractivity (Wildman–Crippen MR) is 83.6 cm³/mol. The quantitative estimate of drug-likeness (QED) is 0.718. The maximum absolute atomic E-state index is 3.66. The Bertz CT molecular complexity index is 360. The third kappa shape index (κ3) is 4.07. The zero-order valence-electron chi connectivity index (χ0n) is 12.7. The van der Waals surface area contributed by atoms with E-state index in [1.165, 1.54) is 56.2 Å². The number of benzene rings is 1. The molecule has 1 aromatic rings. The van der Waals surface area contributed by atoms with Crippen molar-refractivity contribution in [3.63, 3.8) is 0 Å². The Morgan fingerprint density at radius 2 is 1.63 bits per heavy atom. The summed E-state index contributed by atoms with van der Waals surface area (Å²) in [4.78, 5) is 0. The molecule has 1 aliphatic carbocycles. The van der Waals surface area contributed by atoms with Gasteiger partial charge in [-0.25, -0.2) is 0 Å². The van der Waals surface area contributed by atoms with Crippen LogP contribution in [0.1, 0.15) is 57.1 Å². The van der Waals surface area contributed by atoms with E-state index in [1.54, 1.807) is 0 Å². The van der Waals surface area contributed by atoms with Crippen LogP contribution >= 0.6 is 0 Å². The molecule has 2 rings (SSSR count). The molecule has 1 N–H and O–H groups in total. The van der Waals surface area contributed by atoms with Gasteiger partial charge in [-0.15, -0.1) is 0 Å². The first-order chi connectivity index (χ1) is 9.28. The van der Waals surface area contributed by atoms with Gasteiger partial charge in [0.1, 0.15) is 0 Å². The molecule has 106 valence electrons. The minimum atomic E-state index is 0.531. The molecular formula is C18H29N. The smallest absolute Gasteiger partial charge is 0.00110 e. The molecule has 1 saturated carbocycles. The van der Waals surface area contributed by atoms with Crippen LogP contribution in [0.15, 0.2) is 24.3 Å². The molecule has 1 fully saturated rings. The van der Waals surface area contributed by atoms with Gasteiger partial charge in [0.2, 0.25) is 0 Å². The monoisotopic (exact) mass is 259 g/mol. The molecule has 1 aliphatic rings. The summed E-state index contributed by atoms with van der Waals surface area (Å²) in [6.45, 7) is 6.84. The van der Waals surface area contributed by atoms with Gasteiger partial charge in [0.05, 0.1) is 0 Å². The fourth-order valence-corrected chi connectivity index (χ4v) is 3.40. The zero-order valence-corrected chi connectivity index (χ0v) is 12.7. The van der Waals surface area contributed by atoms with Crippen LogP contribution in [0.4, 0.5) is 0 Å². The van der Waals surface area contributed by atoms with E-state index in [2.05, 4.69) is 43.4 Å². The van der Waals surface area contributed by atoms with E-state index < -0.39 is 0 Å². The van der Waals surface area contributed by atoms with Crippen LogP contribution in [0.25, 0.3) is 0 Å². The first kappa shape index (κ1) is 14.6. The van der Waals surface area contributed by atoms with E-state index >= 15 is 0 Å². The van der Waals surface area contributed by atoms with Crippen molar-refractivity contribution in [2.45, 2.75) is 58.8 Å². The third-order valence-electron chi connectivity index (χ3n) is 4.60. The number of hydrogen-bond acceptors (Lipinski definition) is 1. The van der Waals surface area contributed by atoms with Crippen molar-refractivity contribution < 1.29 is 0 Å². The van der Waals surface area contributed by atoms with Crippen molar-refractivity contribution >= 4 is 0 Å². The van der Waals surface area contributed by atoms with Gasteiger partial charge in [0.15, 0.2) is 0 Å². The number of hydrogen-bond donors (Lipinski definition) is 1. The second-order valence-corrected chi connectivity index (χ2v) is 6.23. The van der Waals surface area contributed by atoms with Crippen molar-refractivity contribution in [2.24, 2.45) is 5.41 Å². The van der Waals surface area contributed by atoms with Gasteiger partial charge < -0.3 is 5.32 Å². The lowest BCUT2D eigenvalue weighted by molar-refractivity contribution is 0.278. The predicted octanol–water partition coefficient (Wildman–Crippen LogP) is 4.35. The summed E-state index contributed by atoms with van der Waals surface area (Å²) in [5, 5.41) is 3.66. The van der Waals surface area contributed by atoms with E-state index in [4.69, 9.17) is 0 Å². The molecule has 0 aromatic heterocycles. The Labute approximate surface area is 118 Å². The molecule has 1 heteroatoms. The lowest BCUT2D eigenvalue weighted by Gasteiger charge is -2.29. The standard InChI is InChI=1S/C18H29N/c1-3-13-19-15-18(11-5-6-12-18)14-17-9-7-16(4-2)8-10-17/h7-10,19H,3-6,11-15H2,1-2H3. The molecule has 0 unspecified atom stereocenters. The van der Waals surface area contributed by atoms with Crippen LogP contribution in [0.3, 0.4) is 0 Å². The van der Waals surface area contributed by atoms with Gasteiger partial charge in [0.25, 0.3) is 0 Å². The van der Waals surface area contributed by atoms with Crippen LogP contribution in [-0.2, 0) is 12.8 Å². The second-order valence-electron chi connectivity index (χ2n) is 6.23. The van der Waals surface area contributed by atoms with Gasteiger partial charge in [-0.05, 0) is 55.2 Å². The molecule has 0 atom stereocenters. The van der Waals surface area contributed by atoms with Crippen molar-refractivity contribution in [3.05, 3.63) is 35.4 Å². The molecule has 0 spiro atoms. The molecule has 0 bridgehead atoms. The highest BCUT2D eigenvalue weighted by atomic mass is 14.9. The van der Waals surface area contributed by atoms with Crippen molar-refractivity contribution in [1.82, 2.24) is 5.32 Å². The van der Waals surface area contributed by atoms with E-state index in [1.807, 2.05) is 0 Å². The normalized spacial score (nSPS) is 17.8. The van der Waals surface area contributed by atoms with Gasteiger partial charge in [-0.3, -0.25) is 0 Å². The highest BCUT2D eigenvalue weighted by Crippen LogP contribution is 2.40. The van der Waals surface area contributed by atoms with Crippen LogP contribution in [0.5, 0.6) is 0 Å². The maximum Gasteiger partial charge on any atom is 0.00110 e. The maximum atomic E-state index is 3.66. The summed E-state index contributed by atoms with van der Waals surface area (Å²) in [6, 6.07) is 9.30. The Morgan fingerprint density at radius 3 is 2.21 bits per heavy atom. The van der Waals surface area contributed by atoms with Gasteiger partial charge in [-0.2, -0.15) is 0 Å². The topological polar surface area (TPSA) is 12.0 Å². The molecule has 0 aliphatic heterocycles. The number of aryl methyl sites for hydroxylation is 1. The van der Waals surface area contributed by atoms with Gasteiger partial charge >= 0.3 is 0 Å². The molecule has 0 saturated heterocycles. The first-order valence-electron chi connectivity index (χ1n) is 8.06. The summed E-state index contributed by atoms with van der Waals surface area (Å²) >= 11 is 0. The Kier molecular flexibility index (Phi) is 5.45. The lowest BCUT2D eigenvalue weighted by Crippen LogP contribution is -2.34. The van der Waals surface area contributed by atoms with Crippen LogP contribution in [0.2, 0.25) is 0 Å². The third-order valence-corrected chi connectivity index (χ3v) is 4.60. The number of rotatable bonds is 7. The highest BCUT2D eigenvalue weighted by Gasteiger charge is 2.33. The summed E-state index contributed by atoms with van der Waals surface area (Å²) < 4.78 is 0. The van der Waals surface area contributed by atoms with E-state index in [0.717, 1.165) is 13.0 Å². The van der Waals surface area contributed by atoms with E-state index in [0.29, 0.717) is 5.41 Å². The molecule has 0 radical (unpaired) electrons. The molecular weight excluding hydrogens is 230 g/mol. The molecule has 1 aromatic carbocycles.